The Morgan fingerprint density at radius 3 is 1.82 bits per heavy atom. The van der Waals surface area contributed by atoms with Gasteiger partial charge in [-0.25, -0.2) is 8.42 Å². The summed E-state index contributed by atoms with van der Waals surface area (Å²) in [7, 11) is -3.18. The second-order valence-corrected chi connectivity index (χ2v) is 8.59. The average Bonchev–Trinajstić information content (AvgIpc) is 2.50. The van der Waals surface area contributed by atoms with Crippen LogP contribution in [0.25, 0.3) is 0 Å². The SMILES string of the molecule is CCS(=O)(=O)c1ccc(CC(=O)Cc2ccc(I)cc2)cc1. The summed E-state index contributed by atoms with van der Waals surface area (Å²) < 4.78 is 24.6. The summed E-state index contributed by atoms with van der Waals surface area (Å²) in [6.45, 7) is 1.62. The lowest BCUT2D eigenvalue weighted by molar-refractivity contribution is -0.117. The minimum Gasteiger partial charge on any atom is -0.299 e. The molecule has 0 aromatic heterocycles. The second-order valence-electron chi connectivity index (χ2n) is 5.07. The van der Waals surface area contributed by atoms with Crippen LogP contribution in [0.5, 0.6) is 0 Å². The van der Waals surface area contributed by atoms with Crippen LogP contribution >= 0.6 is 22.6 Å². The number of hydrogen-bond acceptors (Lipinski definition) is 3. The molecule has 0 heterocycles. The lowest BCUT2D eigenvalue weighted by Gasteiger charge is -2.05. The monoisotopic (exact) mass is 428 g/mol. The number of ketones is 1. The van der Waals surface area contributed by atoms with Gasteiger partial charge in [0.1, 0.15) is 5.78 Å². The third-order valence-corrected chi connectivity index (χ3v) is 5.85. The molecule has 3 nitrogen and oxygen atoms in total. The van der Waals surface area contributed by atoms with E-state index in [9.17, 15) is 13.2 Å². The first-order chi connectivity index (χ1) is 10.4. The van der Waals surface area contributed by atoms with E-state index in [0.717, 1.165) is 14.7 Å². The fraction of sp³-hybridized carbons (Fsp3) is 0.235. The summed E-state index contributed by atoms with van der Waals surface area (Å²) in [5, 5.41) is 0. The van der Waals surface area contributed by atoms with E-state index in [1.165, 1.54) is 0 Å². The van der Waals surface area contributed by atoms with Crippen LogP contribution in [0.4, 0.5) is 0 Å². The first-order valence-corrected chi connectivity index (χ1v) is 9.71. The van der Waals surface area contributed by atoms with E-state index in [1.807, 2.05) is 24.3 Å². The van der Waals surface area contributed by atoms with Gasteiger partial charge in [0.2, 0.25) is 0 Å². The summed E-state index contributed by atoms with van der Waals surface area (Å²) in [4.78, 5) is 12.4. The number of benzene rings is 2. The Labute approximate surface area is 144 Å². The van der Waals surface area contributed by atoms with Gasteiger partial charge in [0.25, 0.3) is 0 Å². The molecule has 0 radical (unpaired) electrons. The number of sulfone groups is 1. The van der Waals surface area contributed by atoms with E-state index in [0.29, 0.717) is 17.7 Å². The fourth-order valence-electron chi connectivity index (χ4n) is 2.10. The van der Waals surface area contributed by atoms with Crippen LogP contribution in [0, 0.1) is 3.57 Å². The molecule has 22 heavy (non-hydrogen) atoms. The minimum absolute atomic E-state index is 0.0814. The molecule has 2 aromatic rings. The van der Waals surface area contributed by atoms with Crippen molar-refractivity contribution in [1.29, 1.82) is 0 Å². The van der Waals surface area contributed by atoms with Crippen LogP contribution in [0.2, 0.25) is 0 Å². The normalized spacial score (nSPS) is 11.4. The third-order valence-electron chi connectivity index (χ3n) is 3.38. The van der Waals surface area contributed by atoms with E-state index in [-0.39, 0.29) is 11.5 Å². The second kappa shape index (κ2) is 7.37. The molecule has 0 bridgehead atoms. The summed E-state index contributed by atoms with van der Waals surface area (Å²) >= 11 is 2.23. The number of hydrogen-bond donors (Lipinski definition) is 0. The first kappa shape index (κ1) is 17.1. The molecule has 0 unspecified atom stereocenters. The maximum atomic E-state index is 12.1. The number of Topliss-reactive ketones (excluding diaryl/α,β-unsaturated/α-hetero) is 1. The Hall–Kier alpha value is -1.21. The quantitative estimate of drug-likeness (QED) is 0.663. The molecule has 0 N–H and O–H groups in total. The largest absolute Gasteiger partial charge is 0.299 e. The van der Waals surface area contributed by atoms with Crippen LogP contribution in [-0.4, -0.2) is 20.0 Å². The predicted molar refractivity (Wildman–Crippen MR) is 95.7 cm³/mol. The van der Waals surface area contributed by atoms with Crippen LogP contribution in [0.15, 0.2) is 53.4 Å². The van der Waals surface area contributed by atoms with Crippen LogP contribution in [-0.2, 0) is 27.5 Å². The van der Waals surface area contributed by atoms with Gasteiger partial charge in [-0.05, 0) is 58.0 Å². The molecule has 0 saturated carbocycles. The van der Waals surface area contributed by atoms with Crippen molar-refractivity contribution >= 4 is 38.2 Å². The van der Waals surface area contributed by atoms with E-state index >= 15 is 0 Å². The Morgan fingerprint density at radius 2 is 1.36 bits per heavy atom. The van der Waals surface area contributed by atoms with Crippen molar-refractivity contribution < 1.29 is 13.2 Å². The Morgan fingerprint density at radius 1 is 0.909 bits per heavy atom. The number of rotatable bonds is 6. The fourth-order valence-corrected chi connectivity index (χ4v) is 3.35. The molecule has 0 aliphatic heterocycles. The minimum atomic E-state index is -3.18. The summed E-state index contributed by atoms with van der Waals surface area (Å²) in [6.07, 6.45) is 0.713. The first-order valence-electron chi connectivity index (χ1n) is 6.98. The van der Waals surface area contributed by atoms with Crippen LogP contribution in [0.3, 0.4) is 0 Å². The van der Waals surface area contributed by atoms with E-state index in [1.54, 1.807) is 31.2 Å². The van der Waals surface area contributed by atoms with Gasteiger partial charge in [0, 0.05) is 16.4 Å². The third kappa shape index (κ3) is 4.64. The molecule has 116 valence electrons. The standard InChI is InChI=1S/C17H17IO3S/c1-2-22(20,21)17-9-5-14(6-10-17)12-16(19)11-13-3-7-15(18)8-4-13/h3-10H,2,11-12H2,1H3. The van der Waals surface area contributed by atoms with Crippen molar-refractivity contribution in [3.05, 3.63) is 63.2 Å². The van der Waals surface area contributed by atoms with Crippen LogP contribution < -0.4 is 0 Å². The van der Waals surface area contributed by atoms with Crippen molar-refractivity contribution in [3.8, 4) is 0 Å². The zero-order valence-electron chi connectivity index (χ0n) is 12.3. The highest BCUT2D eigenvalue weighted by Crippen LogP contribution is 2.14. The van der Waals surface area contributed by atoms with Gasteiger partial charge in [0.05, 0.1) is 10.6 Å². The van der Waals surface area contributed by atoms with Crippen molar-refractivity contribution in [3.63, 3.8) is 0 Å². The highest BCUT2D eigenvalue weighted by molar-refractivity contribution is 14.1. The lowest BCUT2D eigenvalue weighted by atomic mass is 10.0. The maximum Gasteiger partial charge on any atom is 0.178 e. The van der Waals surface area contributed by atoms with Gasteiger partial charge in [0.15, 0.2) is 9.84 Å². The van der Waals surface area contributed by atoms with Crippen molar-refractivity contribution in [2.45, 2.75) is 24.7 Å². The molecular weight excluding hydrogens is 411 g/mol. The molecule has 0 atom stereocenters. The van der Waals surface area contributed by atoms with Gasteiger partial charge in [-0.15, -0.1) is 0 Å². The number of carbonyl (C=O) groups is 1. The molecular formula is C17H17IO3S. The highest BCUT2D eigenvalue weighted by Gasteiger charge is 2.11. The van der Waals surface area contributed by atoms with Crippen molar-refractivity contribution in [2.24, 2.45) is 0 Å². The highest BCUT2D eigenvalue weighted by atomic mass is 127. The zero-order valence-corrected chi connectivity index (χ0v) is 15.2. The van der Waals surface area contributed by atoms with E-state index < -0.39 is 9.84 Å². The summed E-state index contributed by atoms with van der Waals surface area (Å²) in [6, 6.07) is 14.5. The molecule has 0 spiro atoms. The molecule has 0 amide bonds. The average molecular weight is 428 g/mol. The van der Waals surface area contributed by atoms with Gasteiger partial charge >= 0.3 is 0 Å². The van der Waals surface area contributed by atoms with Crippen molar-refractivity contribution in [1.82, 2.24) is 0 Å². The Balaban J connectivity index is 2.01. The van der Waals surface area contributed by atoms with Crippen molar-refractivity contribution in [2.75, 3.05) is 5.75 Å². The molecule has 2 rings (SSSR count). The van der Waals surface area contributed by atoms with Gasteiger partial charge < -0.3 is 0 Å². The topological polar surface area (TPSA) is 51.2 Å². The maximum absolute atomic E-state index is 12.1. The smallest absolute Gasteiger partial charge is 0.178 e. The predicted octanol–water partition coefficient (Wildman–Crippen LogP) is 3.44. The molecule has 0 saturated heterocycles. The number of halogens is 1. The summed E-state index contributed by atoms with van der Waals surface area (Å²) in [5.74, 6) is 0.199. The molecule has 0 aliphatic rings. The van der Waals surface area contributed by atoms with Gasteiger partial charge in [-0.2, -0.15) is 0 Å². The van der Waals surface area contributed by atoms with E-state index in [2.05, 4.69) is 22.6 Å². The Bertz CT molecular complexity index is 747. The van der Waals surface area contributed by atoms with Gasteiger partial charge in [-0.1, -0.05) is 31.2 Å². The molecule has 5 heteroatoms. The van der Waals surface area contributed by atoms with Crippen LogP contribution in [0.1, 0.15) is 18.1 Å². The van der Waals surface area contributed by atoms with E-state index in [4.69, 9.17) is 0 Å². The molecule has 0 fully saturated rings. The lowest BCUT2D eigenvalue weighted by Crippen LogP contribution is -2.07. The number of carbonyl (C=O) groups excluding carboxylic acids is 1. The molecule has 0 aliphatic carbocycles. The zero-order chi connectivity index (χ0) is 16.2. The summed E-state index contributed by atoms with van der Waals surface area (Å²) in [5.41, 5.74) is 1.83. The molecule has 2 aromatic carbocycles. The van der Waals surface area contributed by atoms with Gasteiger partial charge in [-0.3, -0.25) is 4.79 Å². The Kier molecular flexibility index (Phi) is 5.74.